The van der Waals surface area contributed by atoms with Gasteiger partial charge in [0.05, 0.1) is 0 Å². The number of carbonyl (C=O) groups is 3. The molecule has 0 radical (unpaired) electrons. The van der Waals surface area contributed by atoms with Crippen LogP contribution in [0, 0.1) is 5.82 Å². The zero-order valence-corrected chi connectivity index (χ0v) is 18.1. The second-order valence-electron chi connectivity index (χ2n) is 7.09. The fraction of sp³-hybridized carbons (Fsp3) is 0.0800. The average molecular weight is 480 g/mol. The third-order valence-electron chi connectivity index (χ3n) is 4.65. The van der Waals surface area contributed by atoms with Crippen molar-refractivity contribution in [2.75, 3.05) is 0 Å². The lowest BCUT2D eigenvalue weighted by Crippen LogP contribution is -2.36. The first-order valence-corrected chi connectivity index (χ1v) is 10.3. The summed E-state index contributed by atoms with van der Waals surface area (Å²) in [6.07, 6.45) is -1.68. The van der Waals surface area contributed by atoms with Gasteiger partial charge in [-0.2, -0.15) is 0 Å². The number of hydrogen-bond donors (Lipinski definition) is 4. The van der Waals surface area contributed by atoms with Gasteiger partial charge in [0.25, 0.3) is 11.8 Å². The summed E-state index contributed by atoms with van der Waals surface area (Å²) in [5, 5.41) is 20.5. The monoisotopic (exact) mass is 480 g/mol. The van der Waals surface area contributed by atoms with E-state index in [4.69, 9.17) is 14.7 Å². The second kappa shape index (κ2) is 12.0. The molecule has 3 aromatic rings. The summed E-state index contributed by atoms with van der Waals surface area (Å²) in [6, 6.07) is 19.5. The van der Waals surface area contributed by atoms with Crippen LogP contribution < -0.4 is 15.5 Å². The molecule has 3 rings (SSSR count). The van der Waals surface area contributed by atoms with Gasteiger partial charge in [0.1, 0.15) is 5.75 Å². The molecule has 10 heteroatoms. The minimum Gasteiger partial charge on any atom is -0.505 e. The normalized spacial score (nSPS) is 12.4. The van der Waals surface area contributed by atoms with Crippen molar-refractivity contribution in [3.63, 3.8) is 0 Å². The van der Waals surface area contributed by atoms with Gasteiger partial charge >= 0.3 is 6.09 Å². The number of phenols is 1. The van der Waals surface area contributed by atoms with Gasteiger partial charge in [0.2, 0.25) is 0 Å². The highest BCUT2D eigenvalue weighted by atomic mass is 19.1. The molecule has 0 unspecified atom stereocenters. The van der Waals surface area contributed by atoms with Crippen molar-refractivity contribution >= 4 is 17.9 Å². The Hall–Kier alpha value is -4.70. The van der Waals surface area contributed by atoms with Crippen LogP contribution in [0.25, 0.3) is 0 Å². The molecule has 0 aromatic heterocycles. The van der Waals surface area contributed by atoms with Crippen molar-refractivity contribution in [1.29, 1.82) is 0 Å². The van der Waals surface area contributed by atoms with Gasteiger partial charge in [-0.05, 0) is 48.0 Å². The Morgan fingerprint density at radius 1 is 0.943 bits per heavy atom. The average Bonchev–Trinajstić information content (AvgIpc) is 2.87. The number of para-hydroxylation sites is 1. The summed E-state index contributed by atoms with van der Waals surface area (Å²) in [7, 11) is 0. The van der Waals surface area contributed by atoms with E-state index in [2.05, 4.69) is 5.32 Å². The van der Waals surface area contributed by atoms with Crippen LogP contribution in [0.1, 0.15) is 22.0 Å². The zero-order valence-electron chi connectivity index (χ0n) is 18.1. The highest BCUT2D eigenvalue weighted by Crippen LogP contribution is 2.29. The van der Waals surface area contributed by atoms with E-state index >= 15 is 0 Å². The van der Waals surface area contributed by atoms with Crippen LogP contribution in [-0.4, -0.2) is 34.3 Å². The molecule has 0 fully saturated rings. The molecule has 35 heavy (non-hydrogen) atoms. The van der Waals surface area contributed by atoms with Crippen molar-refractivity contribution in [3.8, 4) is 11.5 Å². The van der Waals surface area contributed by atoms with Gasteiger partial charge in [-0.25, -0.2) is 14.7 Å². The molecule has 180 valence electrons. The lowest BCUT2D eigenvalue weighted by Gasteiger charge is -2.26. The fourth-order valence-electron chi connectivity index (χ4n) is 3.00. The topological polar surface area (TPSA) is 134 Å². The first kappa shape index (κ1) is 24.9. The maximum absolute atomic E-state index is 14.2. The van der Waals surface area contributed by atoms with Crippen molar-refractivity contribution in [1.82, 2.24) is 10.8 Å². The van der Waals surface area contributed by atoms with E-state index in [1.54, 1.807) is 48.5 Å². The number of phenolic OH excluding ortho intramolecular Hbond substituents is 1. The van der Waals surface area contributed by atoms with Crippen molar-refractivity contribution in [3.05, 3.63) is 108 Å². The molecule has 0 aliphatic carbocycles. The van der Waals surface area contributed by atoms with E-state index in [0.29, 0.717) is 5.75 Å². The molecular formula is C25H21FN2O7. The fourth-order valence-corrected chi connectivity index (χ4v) is 3.00. The lowest BCUT2D eigenvalue weighted by molar-refractivity contribution is -0.124. The molecule has 0 bridgehead atoms. The predicted molar refractivity (Wildman–Crippen MR) is 121 cm³/mol. The molecular weight excluding hydrogens is 459 g/mol. The molecule has 0 aliphatic heterocycles. The number of nitrogens with one attached hydrogen (secondary N) is 2. The van der Waals surface area contributed by atoms with Crippen LogP contribution in [0.5, 0.6) is 11.5 Å². The highest BCUT2D eigenvalue weighted by Gasteiger charge is 2.29. The number of benzene rings is 3. The maximum atomic E-state index is 14.2. The van der Waals surface area contributed by atoms with E-state index in [9.17, 15) is 23.9 Å². The highest BCUT2D eigenvalue weighted by molar-refractivity contribution is 6.02. The third kappa shape index (κ3) is 7.14. The standard InChI is InChI=1S/C25H21FN2O7/c26-19-15-17(11-12-20(19)29)23(35-25(32)27-24(31)16-7-3-1-4-8-16)21(13-14-22(30)28-33)34-18-9-5-2-6-10-18/h1-15,21,23,29,33H,(H,28,30)(H,27,31,32)/b14-13+/t21-,23-/m0/s1. The van der Waals surface area contributed by atoms with Crippen LogP contribution >= 0.6 is 0 Å². The number of carbonyl (C=O) groups excluding carboxylic acids is 3. The molecule has 0 aliphatic rings. The van der Waals surface area contributed by atoms with E-state index in [1.165, 1.54) is 29.8 Å². The van der Waals surface area contributed by atoms with Crippen LogP contribution in [-0.2, 0) is 9.53 Å². The molecule has 0 saturated carbocycles. The molecule has 2 atom stereocenters. The number of alkyl carbamates (subject to hydrolysis) is 1. The number of imide groups is 1. The Kier molecular flexibility index (Phi) is 8.52. The number of rotatable bonds is 8. The number of hydrogen-bond acceptors (Lipinski definition) is 7. The minimum absolute atomic E-state index is 0.0533. The van der Waals surface area contributed by atoms with Gasteiger partial charge in [-0.1, -0.05) is 42.5 Å². The quantitative estimate of drug-likeness (QED) is 0.220. The van der Waals surface area contributed by atoms with E-state index < -0.39 is 41.7 Å². The van der Waals surface area contributed by atoms with E-state index in [-0.39, 0.29) is 11.1 Å². The largest absolute Gasteiger partial charge is 0.505 e. The Bertz CT molecular complexity index is 1200. The van der Waals surface area contributed by atoms with Crippen molar-refractivity contribution in [2.45, 2.75) is 12.2 Å². The van der Waals surface area contributed by atoms with Crippen LogP contribution in [0.3, 0.4) is 0 Å². The number of hydroxylamine groups is 1. The summed E-state index contributed by atoms with van der Waals surface area (Å²) in [5.74, 6) is -2.94. The zero-order chi connectivity index (χ0) is 25.2. The summed E-state index contributed by atoms with van der Waals surface area (Å²) >= 11 is 0. The minimum atomic E-state index is -1.39. The van der Waals surface area contributed by atoms with Crippen molar-refractivity contribution in [2.24, 2.45) is 0 Å². The second-order valence-corrected chi connectivity index (χ2v) is 7.09. The molecule has 0 spiro atoms. The molecule has 3 amide bonds. The van der Waals surface area contributed by atoms with Crippen molar-refractivity contribution < 1.29 is 38.6 Å². The smallest absolute Gasteiger partial charge is 0.414 e. The maximum Gasteiger partial charge on any atom is 0.414 e. The molecule has 4 N–H and O–H groups in total. The predicted octanol–water partition coefficient (Wildman–Crippen LogP) is 3.65. The lowest BCUT2D eigenvalue weighted by atomic mass is 10.0. The Morgan fingerprint density at radius 3 is 2.23 bits per heavy atom. The molecule has 0 heterocycles. The third-order valence-corrected chi connectivity index (χ3v) is 4.65. The number of aromatic hydroxyl groups is 1. The molecule has 9 nitrogen and oxygen atoms in total. The Morgan fingerprint density at radius 2 is 1.60 bits per heavy atom. The molecule has 0 saturated heterocycles. The summed E-state index contributed by atoms with van der Waals surface area (Å²) in [6.45, 7) is 0. The van der Waals surface area contributed by atoms with Gasteiger partial charge in [-0.15, -0.1) is 0 Å². The van der Waals surface area contributed by atoms with Gasteiger partial charge < -0.3 is 14.6 Å². The SMILES string of the molecule is O=C(/C=C/[C@H](Oc1ccccc1)[C@@H](OC(=O)NC(=O)c1ccccc1)c1ccc(O)c(F)c1)NO. The number of halogens is 1. The van der Waals surface area contributed by atoms with Crippen LogP contribution in [0.2, 0.25) is 0 Å². The van der Waals surface area contributed by atoms with Gasteiger partial charge in [0, 0.05) is 11.6 Å². The summed E-state index contributed by atoms with van der Waals surface area (Å²) < 4.78 is 25.4. The van der Waals surface area contributed by atoms with Gasteiger partial charge in [-0.3, -0.25) is 20.1 Å². The first-order valence-electron chi connectivity index (χ1n) is 10.3. The van der Waals surface area contributed by atoms with E-state index in [1.807, 2.05) is 0 Å². The Labute approximate surface area is 199 Å². The van der Waals surface area contributed by atoms with Gasteiger partial charge in [0.15, 0.2) is 23.8 Å². The van der Waals surface area contributed by atoms with E-state index in [0.717, 1.165) is 18.2 Å². The molecule has 3 aromatic carbocycles. The first-order chi connectivity index (χ1) is 16.9. The summed E-state index contributed by atoms with van der Waals surface area (Å²) in [4.78, 5) is 36.6. The number of amides is 3. The van der Waals surface area contributed by atoms with Crippen LogP contribution in [0.15, 0.2) is 91.0 Å². The van der Waals surface area contributed by atoms with Crippen LogP contribution in [0.4, 0.5) is 9.18 Å². The Balaban J connectivity index is 1.94. The number of ether oxygens (including phenoxy) is 2. The summed E-state index contributed by atoms with van der Waals surface area (Å²) in [5.41, 5.74) is 1.68.